The highest BCUT2D eigenvalue weighted by molar-refractivity contribution is 9.10. The molecule has 144 valence electrons. The number of nitrogens with zero attached hydrogens (tertiary/aromatic N) is 2. The Balaban J connectivity index is 2.05. The van der Waals surface area contributed by atoms with Crippen LogP contribution in [0.3, 0.4) is 0 Å². The summed E-state index contributed by atoms with van der Waals surface area (Å²) >= 11 is 3.18. The highest BCUT2D eigenvalue weighted by Crippen LogP contribution is 2.36. The van der Waals surface area contributed by atoms with Gasteiger partial charge in [-0.3, -0.25) is 4.79 Å². The molecule has 2 rings (SSSR count). The molecule has 26 heavy (non-hydrogen) atoms. The van der Waals surface area contributed by atoms with Crippen molar-refractivity contribution in [3.05, 3.63) is 28.2 Å². The number of amides is 2. The average Bonchev–Trinajstić information content (AvgIpc) is 2.42. The van der Waals surface area contributed by atoms with Gasteiger partial charge in [0.05, 0.1) is 17.2 Å². The van der Waals surface area contributed by atoms with Crippen LogP contribution in [0.15, 0.2) is 22.7 Å². The Morgan fingerprint density at radius 2 is 1.81 bits per heavy atom. The summed E-state index contributed by atoms with van der Waals surface area (Å²) in [4.78, 5) is 27.0. The van der Waals surface area contributed by atoms with Gasteiger partial charge in [-0.25, -0.2) is 4.79 Å². The SMILES string of the molecule is CN(C(=O)C1CN(C(=O)OC(C)(C)C)C1)c1cc(C(F)(F)F)ccc1Br. The van der Waals surface area contributed by atoms with Gasteiger partial charge in [0.25, 0.3) is 0 Å². The fourth-order valence-electron chi connectivity index (χ4n) is 2.45. The van der Waals surface area contributed by atoms with Crippen molar-refractivity contribution < 1.29 is 27.5 Å². The van der Waals surface area contributed by atoms with Crippen molar-refractivity contribution in [1.82, 2.24) is 4.90 Å². The van der Waals surface area contributed by atoms with Crippen molar-refractivity contribution in [3.63, 3.8) is 0 Å². The minimum atomic E-state index is -4.50. The van der Waals surface area contributed by atoms with Crippen molar-refractivity contribution in [2.45, 2.75) is 32.5 Å². The van der Waals surface area contributed by atoms with Gasteiger partial charge in [-0.05, 0) is 54.9 Å². The second-order valence-electron chi connectivity index (χ2n) is 7.14. The first kappa shape index (κ1) is 20.5. The van der Waals surface area contributed by atoms with Crippen LogP contribution in [-0.2, 0) is 15.7 Å². The summed E-state index contributed by atoms with van der Waals surface area (Å²) in [6.07, 6.45) is -5.01. The predicted octanol–water partition coefficient (Wildman–Crippen LogP) is 4.30. The Labute approximate surface area is 158 Å². The van der Waals surface area contributed by atoms with E-state index in [-0.39, 0.29) is 24.7 Å². The van der Waals surface area contributed by atoms with E-state index in [0.717, 1.165) is 12.1 Å². The Hall–Kier alpha value is -1.77. The van der Waals surface area contributed by atoms with E-state index in [2.05, 4.69) is 15.9 Å². The molecule has 0 radical (unpaired) electrons. The van der Waals surface area contributed by atoms with E-state index in [9.17, 15) is 22.8 Å². The lowest BCUT2D eigenvalue weighted by Gasteiger charge is -2.40. The molecular formula is C17H20BrF3N2O3. The molecule has 5 nitrogen and oxygen atoms in total. The number of ether oxygens (including phenoxy) is 1. The molecule has 1 saturated heterocycles. The van der Waals surface area contributed by atoms with Crippen molar-refractivity contribution in [3.8, 4) is 0 Å². The minimum Gasteiger partial charge on any atom is -0.444 e. The molecule has 0 saturated carbocycles. The van der Waals surface area contributed by atoms with Crippen LogP contribution in [0.4, 0.5) is 23.7 Å². The van der Waals surface area contributed by atoms with Gasteiger partial charge >= 0.3 is 12.3 Å². The summed E-state index contributed by atoms with van der Waals surface area (Å²) < 4.78 is 44.3. The number of likely N-dealkylation sites (tertiary alicyclic amines) is 1. The highest BCUT2D eigenvalue weighted by Gasteiger charge is 2.40. The number of carbonyl (C=O) groups is 2. The van der Waals surface area contributed by atoms with E-state index in [1.165, 1.54) is 22.9 Å². The largest absolute Gasteiger partial charge is 0.444 e. The summed E-state index contributed by atoms with van der Waals surface area (Å²) in [5.41, 5.74) is -1.34. The maximum atomic E-state index is 12.9. The molecule has 1 aliphatic rings. The number of anilines is 1. The van der Waals surface area contributed by atoms with Crippen molar-refractivity contribution >= 4 is 33.6 Å². The predicted molar refractivity (Wildman–Crippen MR) is 93.9 cm³/mol. The molecule has 0 spiro atoms. The van der Waals surface area contributed by atoms with Crippen LogP contribution in [0.2, 0.25) is 0 Å². The van der Waals surface area contributed by atoms with Crippen molar-refractivity contribution in [2.75, 3.05) is 25.0 Å². The van der Waals surface area contributed by atoms with E-state index in [1.54, 1.807) is 20.8 Å². The molecule has 0 unspecified atom stereocenters. The van der Waals surface area contributed by atoms with Gasteiger partial charge in [0.2, 0.25) is 5.91 Å². The topological polar surface area (TPSA) is 49.9 Å². The maximum Gasteiger partial charge on any atom is 0.416 e. The van der Waals surface area contributed by atoms with Crippen LogP contribution in [0, 0.1) is 5.92 Å². The van der Waals surface area contributed by atoms with E-state index in [1.807, 2.05) is 0 Å². The molecule has 9 heteroatoms. The molecule has 0 atom stereocenters. The first-order valence-corrected chi connectivity index (χ1v) is 8.71. The number of rotatable bonds is 2. The average molecular weight is 437 g/mol. The number of carbonyl (C=O) groups excluding carboxylic acids is 2. The molecular weight excluding hydrogens is 417 g/mol. The third-order valence-corrected chi connectivity index (χ3v) is 4.52. The smallest absolute Gasteiger partial charge is 0.416 e. The molecule has 0 aliphatic carbocycles. The summed E-state index contributed by atoms with van der Waals surface area (Å²) in [7, 11) is 1.42. The van der Waals surface area contributed by atoms with Crippen molar-refractivity contribution in [1.29, 1.82) is 0 Å². The van der Waals surface area contributed by atoms with Gasteiger partial charge in [0.15, 0.2) is 0 Å². The molecule has 2 amide bonds. The maximum absolute atomic E-state index is 12.9. The Morgan fingerprint density at radius 1 is 1.23 bits per heavy atom. The summed E-state index contributed by atoms with van der Waals surface area (Å²) in [6.45, 7) is 5.58. The van der Waals surface area contributed by atoms with Crippen LogP contribution in [-0.4, -0.2) is 42.6 Å². The molecule has 0 bridgehead atoms. The van der Waals surface area contributed by atoms with Crippen LogP contribution in [0.1, 0.15) is 26.3 Å². The third kappa shape index (κ3) is 4.69. The lowest BCUT2D eigenvalue weighted by Crippen LogP contribution is -2.57. The zero-order valence-electron chi connectivity index (χ0n) is 14.9. The lowest BCUT2D eigenvalue weighted by atomic mass is 9.99. The zero-order valence-corrected chi connectivity index (χ0v) is 16.4. The molecule has 1 aromatic rings. The van der Waals surface area contributed by atoms with E-state index < -0.39 is 29.4 Å². The Morgan fingerprint density at radius 3 is 2.31 bits per heavy atom. The molecule has 0 N–H and O–H groups in total. The monoisotopic (exact) mass is 436 g/mol. The third-order valence-electron chi connectivity index (χ3n) is 3.85. The number of benzene rings is 1. The van der Waals surface area contributed by atoms with Crippen LogP contribution in [0.25, 0.3) is 0 Å². The highest BCUT2D eigenvalue weighted by atomic mass is 79.9. The van der Waals surface area contributed by atoms with Crippen LogP contribution >= 0.6 is 15.9 Å². The summed E-state index contributed by atoms with van der Waals surface area (Å²) in [5.74, 6) is -0.834. The first-order valence-electron chi connectivity index (χ1n) is 7.92. The van der Waals surface area contributed by atoms with Gasteiger partial charge in [-0.2, -0.15) is 13.2 Å². The molecule has 0 aromatic heterocycles. The summed E-state index contributed by atoms with van der Waals surface area (Å²) in [6, 6.07) is 3.13. The fraction of sp³-hybridized carbons (Fsp3) is 0.529. The first-order chi connectivity index (χ1) is 11.8. The van der Waals surface area contributed by atoms with Crippen molar-refractivity contribution in [2.24, 2.45) is 5.92 Å². The van der Waals surface area contributed by atoms with Gasteiger partial charge in [0.1, 0.15) is 5.60 Å². The normalized spacial score (nSPS) is 15.5. The van der Waals surface area contributed by atoms with E-state index >= 15 is 0 Å². The van der Waals surface area contributed by atoms with E-state index in [0.29, 0.717) is 4.47 Å². The van der Waals surface area contributed by atoms with Crippen LogP contribution in [0.5, 0.6) is 0 Å². The number of alkyl halides is 3. The molecule has 1 aliphatic heterocycles. The zero-order chi connectivity index (χ0) is 19.9. The second-order valence-corrected chi connectivity index (χ2v) is 8.00. The minimum absolute atomic E-state index is 0.126. The number of halogens is 4. The standard InChI is InChI=1S/C17H20BrF3N2O3/c1-16(2,3)26-15(25)23-8-10(9-23)14(24)22(4)13-7-11(17(19,20)21)5-6-12(13)18/h5-7,10H,8-9H2,1-4H3. The van der Waals surface area contributed by atoms with Gasteiger partial charge < -0.3 is 14.5 Å². The quantitative estimate of drug-likeness (QED) is 0.694. The lowest BCUT2D eigenvalue weighted by molar-refractivity contribution is -0.137. The molecule has 1 aromatic carbocycles. The Bertz CT molecular complexity index is 710. The summed E-state index contributed by atoms with van der Waals surface area (Å²) in [5, 5.41) is 0. The van der Waals surface area contributed by atoms with E-state index in [4.69, 9.17) is 4.74 Å². The number of hydrogen-bond acceptors (Lipinski definition) is 3. The second kappa shape index (κ2) is 7.09. The van der Waals surface area contributed by atoms with Gasteiger partial charge in [-0.15, -0.1) is 0 Å². The molecule has 1 fully saturated rings. The molecule has 1 heterocycles. The van der Waals surface area contributed by atoms with Gasteiger partial charge in [0, 0.05) is 24.6 Å². The Kier molecular flexibility index (Phi) is 5.60. The van der Waals surface area contributed by atoms with Gasteiger partial charge in [-0.1, -0.05) is 0 Å². The fourth-order valence-corrected chi connectivity index (χ4v) is 2.96. The van der Waals surface area contributed by atoms with Crippen LogP contribution < -0.4 is 4.90 Å². The number of hydrogen-bond donors (Lipinski definition) is 0.